The van der Waals surface area contributed by atoms with Gasteiger partial charge in [0.25, 0.3) is 0 Å². The number of benzene rings is 3. The Labute approximate surface area is 180 Å². The summed E-state index contributed by atoms with van der Waals surface area (Å²) < 4.78 is 17.7. The van der Waals surface area contributed by atoms with Gasteiger partial charge in [-0.25, -0.2) is 0 Å². The van der Waals surface area contributed by atoms with Gasteiger partial charge in [-0.1, -0.05) is 42.0 Å². The van der Waals surface area contributed by atoms with E-state index in [1.54, 1.807) is 14.2 Å². The van der Waals surface area contributed by atoms with Crippen LogP contribution in [0.1, 0.15) is 22.3 Å². The Hall–Kier alpha value is -2.50. The van der Waals surface area contributed by atoms with E-state index in [2.05, 4.69) is 64.6 Å². The van der Waals surface area contributed by atoms with Crippen LogP contribution in [0.15, 0.2) is 65.1 Å². The molecule has 0 aliphatic rings. The topological polar surface area (TPSA) is 39.7 Å². The Kier molecular flexibility index (Phi) is 7.55. The van der Waals surface area contributed by atoms with Gasteiger partial charge in [-0.15, -0.1) is 0 Å². The number of halogens is 1. The Morgan fingerprint density at radius 3 is 2.28 bits per heavy atom. The second-order valence-electron chi connectivity index (χ2n) is 6.84. The molecule has 0 fully saturated rings. The number of methoxy groups -OCH3 is 2. The summed E-state index contributed by atoms with van der Waals surface area (Å²) in [6.07, 6.45) is 0. The highest BCUT2D eigenvalue weighted by atomic mass is 79.9. The molecule has 5 heteroatoms. The highest BCUT2D eigenvalue weighted by Gasteiger charge is 2.12. The summed E-state index contributed by atoms with van der Waals surface area (Å²) in [5, 5.41) is 3.46. The fourth-order valence-corrected chi connectivity index (χ4v) is 3.67. The lowest BCUT2D eigenvalue weighted by atomic mass is 10.1. The highest BCUT2D eigenvalue weighted by Crippen LogP contribution is 2.37. The average Bonchev–Trinajstić information content (AvgIpc) is 2.73. The first-order valence-corrected chi connectivity index (χ1v) is 10.3. The zero-order valence-electron chi connectivity index (χ0n) is 17.0. The van der Waals surface area contributed by atoms with Gasteiger partial charge in [0.05, 0.1) is 18.7 Å². The lowest BCUT2D eigenvalue weighted by Gasteiger charge is -2.15. The van der Waals surface area contributed by atoms with Crippen molar-refractivity contribution in [3.63, 3.8) is 0 Å². The molecule has 0 unspecified atom stereocenters. The van der Waals surface area contributed by atoms with E-state index in [0.717, 1.165) is 34.4 Å². The molecule has 0 atom stereocenters. The van der Waals surface area contributed by atoms with Crippen LogP contribution in [-0.2, 0) is 19.7 Å². The van der Waals surface area contributed by atoms with Gasteiger partial charge in [0, 0.05) is 13.1 Å². The normalized spacial score (nSPS) is 10.6. The summed E-state index contributed by atoms with van der Waals surface area (Å²) in [7, 11) is 3.34. The van der Waals surface area contributed by atoms with Crippen LogP contribution in [0.25, 0.3) is 0 Å². The molecule has 3 rings (SSSR count). The fraction of sp³-hybridized carbons (Fsp3) is 0.250. The molecule has 0 bridgehead atoms. The molecule has 3 aromatic rings. The standard InChI is InChI=1S/C24H26BrNO3/c1-17-5-4-6-19(11-17)16-29-24-22(25)12-20(13-23(24)28-3)15-26-14-18-7-9-21(27-2)10-8-18/h4-13,26H,14-16H2,1-3H3. The molecule has 0 aromatic heterocycles. The third kappa shape index (κ3) is 5.99. The van der Waals surface area contributed by atoms with Crippen LogP contribution in [-0.4, -0.2) is 14.2 Å². The van der Waals surface area contributed by atoms with E-state index >= 15 is 0 Å². The van der Waals surface area contributed by atoms with E-state index in [1.807, 2.05) is 24.3 Å². The molecule has 152 valence electrons. The molecule has 0 aliphatic heterocycles. The Morgan fingerprint density at radius 2 is 1.59 bits per heavy atom. The molecule has 29 heavy (non-hydrogen) atoms. The largest absolute Gasteiger partial charge is 0.497 e. The molecule has 3 aromatic carbocycles. The summed E-state index contributed by atoms with van der Waals surface area (Å²) >= 11 is 3.63. The summed E-state index contributed by atoms with van der Waals surface area (Å²) in [5.74, 6) is 2.30. The van der Waals surface area contributed by atoms with Crippen LogP contribution < -0.4 is 19.5 Å². The molecule has 0 radical (unpaired) electrons. The van der Waals surface area contributed by atoms with Crippen molar-refractivity contribution in [1.82, 2.24) is 5.32 Å². The van der Waals surface area contributed by atoms with Crippen molar-refractivity contribution >= 4 is 15.9 Å². The molecule has 0 aliphatic carbocycles. The van der Waals surface area contributed by atoms with Crippen molar-refractivity contribution in [2.45, 2.75) is 26.6 Å². The maximum atomic E-state index is 6.05. The smallest absolute Gasteiger partial charge is 0.175 e. The predicted molar refractivity (Wildman–Crippen MR) is 120 cm³/mol. The minimum absolute atomic E-state index is 0.492. The van der Waals surface area contributed by atoms with Crippen molar-refractivity contribution in [3.05, 3.63) is 87.4 Å². The molecule has 0 saturated carbocycles. The van der Waals surface area contributed by atoms with E-state index in [4.69, 9.17) is 14.2 Å². The zero-order valence-corrected chi connectivity index (χ0v) is 18.6. The SMILES string of the molecule is COc1ccc(CNCc2cc(Br)c(OCc3cccc(C)c3)c(OC)c2)cc1. The van der Waals surface area contributed by atoms with E-state index in [-0.39, 0.29) is 0 Å². The number of hydrogen-bond donors (Lipinski definition) is 1. The number of ether oxygens (including phenoxy) is 3. The van der Waals surface area contributed by atoms with Crippen LogP contribution >= 0.6 is 15.9 Å². The quantitative estimate of drug-likeness (QED) is 0.452. The fourth-order valence-electron chi connectivity index (χ4n) is 3.07. The van der Waals surface area contributed by atoms with E-state index in [9.17, 15) is 0 Å². The molecule has 0 saturated heterocycles. The van der Waals surface area contributed by atoms with Gasteiger partial charge in [-0.2, -0.15) is 0 Å². The Morgan fingerprint density at radius 1 is 0.828 bits per heavy atom. The van der Waals surface area contributed by atoms with Crippen molar-refractivity contribution in [2.75, 3.05) is 14.2 Å². The van der Waals surface area contributed by atoms with Gasteiger partial charge in [0.15, 0.2) is 11.5 Å². The van der Waals surface area contributed by atoms with Gasteiger partial charge in [0.1, 0.15) is 12.4 Å². The Balaban J connectivity index is 1.62. The monoisotopic (exact) mass is 455 g/mol. The molecule has 1 N–H and O–H groups in total. The summed E-state index contributed by atoms with van der Waals surface area (Å²) in [6.45, 7) is 4.06. The minimum atomic E-state index is 0.492. The predicted octanol–water partition coefficient (Wildman–Crippen LogP) is 5.64. The van der Waals surface area contributed by atoms with Crippen LogP contribution in [0.3, 0.4) is 0 Å². The van der Waals surface area contributed by atoms with Crippen LogP contribution in [0.5, 0.6) is 17.2 Å². The van der Waals surface area contributed by atoms with E-state index in [0.29, 0.717) is 18.1 Å². The van der Waals surface area contributed by atoms with Crippen molar-refractivity contribution in [3.8, 4) is 17.2 Å². The van der Waals surface area contributed by atoms with Crippen LogP contribution in [0.2, 0.25) is 0 Å². The molecule has 0 spiro atoms. The van der Waals surface area contributed by atoms with Gasteiger partial charge < -0.3 is 19.5 Å². The van der Waals surface area contributed by atoms with E-state index < -0.39 is 0 Å². The van der Waals surface area contributed by atoms with Gasteiger partial charge in [-0.3, -0.25) is 0 Å². The number of rotatable bonds is 9. The summed E-state index contributed by atoms with van der Waals surface area (Å²) in [5.41, 5.74) is 4.67. The summed E-state index contributed by atoms with van der Waals surface area (Å²) in [6, 6.07) is 20.4. The van der Waals surface area contributed by atoms with Crippen molar-refractivity contribution in [2.24, 2.45) is 0 Å². The van der Waals surface area contributed by atoms with Crippen molar-refractivity contribution in [1.29, 1.82) is 0 Å². The average molecular weight is 456 g/mol. The highest BCUT2D eigenvalue weighted by molar-refractivity contribution is 9.10. The first-order valence-electron chi connectivity index (χ1n) is 9.47. The van der Waals surface area contributed by atoms with E-state index in [1.165, 1.54) is 11.1 Å². The van der Waals surface area contributed by atoms with Crippen LogP contribution in [0, 0.1) is 6.92 Å². The Bertz CT molecular complexity index is 941. The zero-order chi connectivity index (χ0) is 20.6. The molecule has 4 nitrogen and oxygen atoms in total. The maximum absolute atomic E-state index is 6.05. The molecular weight excluding hydrogens is 430 g/mol. The molecule has 0 heterocycles. The first kappa shape index (κ1) is 21.2. The summed E-state index contributed by atoms with van der Waals surface area (Å²) in [4.78, 5) is 0. The number of aryl methyl sites for hydroxylation is 1. The van der Waals surface area contributed by atoms with Gasteiger partial charge in [-0.05, 0) is 63.8 Å². The molecular formula is C24H26BrNO3. The first-order chi connectivity index (χ1) is 14.1. The lowest BCUT2D eigenvalue weighted by molar-refractivity contribution is 0.282. The van der Waals surface area contributed by atoms with Gasteiger partial charge in [0.2, 0.25) is 0 Å². The third-order valence-corrected chi connectivity index (χ3v) is 5.16. The van der Waals surface area contributed by atoms with Gasteiger partial charge >= 0.3 is 0 Å². The van der Waals surface area contributed by atoms with Crippen molar-refractivity contribution < 1.29 is 14.2 Å². The minimum Gasteiger partial charge on any atom is -0.497 e. The third-order valence-electron chi connectivity index (χ3n) is 4.57. The second kappa shape index (κ2) is 10.3. The number of nitrogens with one attached hydrogen (secondary N) is 1. The maximum Gasteiger partial charge on any atom is 0.175 e. The lowest BCUT2D eigenvalue weighted by Crippen LogP contribution is -2.13. The number of hydrogen-bond acceptors (Lipinski definition) is 4. The van der Waals surface area contributed by atoms with Crippen LogP contribution in [0.4, 0.5) is 0 Å². The molecule has 0 amide bonds. The second-order valence-corrected chi connectivity index (χ2v) is 7.69.